The molecular formula is C14H31NO3. The third-order valence-electron chi connectivity index (χ3n) is 2.75. The molecule has 0 saturated carbocycles. The summed E-state index contributed by atoms with van der Waals surface area (Å²) in [7, 11) is 1.68. The van der Waals surface area contributed by atoms with Crippen molar-refractivity contribution in [1.29, 1.82) is 0 Å². The highest BCUT2D eigenvalue weighted by Gasteiger charge is 2.19. The Bertz CT molecular complexity index is 195. The van der Waals surface area contributed by atoms with Gasteiger partial charge in [0.1, 0.15) is 0 Å². The predicted molar refractivity (Wildman–Crippen MR) is 74.8 cm³/mol. The van der Waals surface area contributed by atoms with E-state index in [1.807, 2.05) is 6.92 Å². The van der Waals surface area contributed by atoms with E-state index >= 15 is 0 Å². The minimum Gasteiger partial charge on any atom is -0.382 e. The zero-order valence-corrected chi connectivity index (χ0v) is 12.7. The third kappa shape index (κ3) is 11.0. The maximum atomic E-state index is 5.86. The molecule has 0 rings (SSSR count). The molecule has 0 aromatic carbocycles. The molecule has 0 saturated heterocycles. The van der Waals surface area contributed by atoms with Crippen molar-refractivity contribution in [2.45, 2.75) is 64.7 Å². The van der Waals surface area contributed by atoms with Crippen LogP contribution in [-0.2, 0) is 14.2 Å². The first-order chi connectivity index (χ1) is 8.37. The van der Waals surface area contributed by atoms with Crippen molar-refractivity contribution in [3.05, 3.63) is 0 Å². The van der Waals surface area contributed by atoms with Gasteiger partial charge in [-0.3, -0.25) is 0 Å². The van der Waals surface area contributed by atoms with Crippen molar-refractivity contribution in [2.75, 3.05) is 26.9 Å². The van der Waals surface area contributed by atoms with Gasteiger partial charge >= 0.3 is 0 Å². The van der Waals surface area contributed by atoms with Gasteiger partial charge in [0.15, 0.2) is 0 Å². The molecule has 0 aliphatic heterocycles. The topological polar surface area (TPSA) is 53.7 Å². The first kappa shape index (κ1) is 17.8. The van der Waals surface area contributed by atoms with Crippen LogP contribution in [0.15, 0.2) is 0 Å². The molecule has 0 radical (unpaired) electrons. The fourth-order valence-corrected chi connectivity index (χ4v) is 1.97. The lowest BCUT2D eigenvalue weighted by Crippen LogP contribution is -2.33. The number of nitrogens with two attached hydrogens (primary N) is 1. The molecule has 0 bridgehead atoms. The van der Waals surface area contributed by atoms with Crippen molar-refractivity contribution >= 4 is 0 Å². The van der Waals surface area contributed by atoms with Gasteiger partial charge in [0, 0.05) is 19.8 Å². The molecule has 0 aromatic heterocycles. The smallest absolute Gasteiger partial charge is 0.0703 e. The zero-order chi connectivity index (χ0) is 14.0. The molecule has 0 spiro atoms. The molecule has 2 unspecified atom stereocenters. The van der Waals surface area contributed by atoms with Gasteiger partial charge in [-0.05, 0) is 47.0 Å². The Morgan fingerprint density at radius 3 is 2.33 bits per heavy atom. The summed E-state index contributed by atoms with van der Waals surface area (Å²) >= 11 is 0. The van der Waals surface area contributed by atoms with Crippen molar-refractivity contribution in [1.82, 2.24) is 0 Å². The quantitative estimate of drug-likeness (QED) is 0.580. The summed E-state index contributed by atoms with van der Waals surface area (Å²) in [6.07, 6.45) is 3.17. The van der Waals surface area contributed by atoms with E-state index < -0.39 is 0 Å². The molecule has 0 aromatic rings. The van der Waals surface area contributed by atoms with Gasteiger partial charge in [0.2, 0.25) is 0 Å². The van der Waals surface area contributed by atoms with E-state index in [-0.39, 0.29) is 17.7 Å². The van der Waals surface area contributed by atoms with E-state index in [4.69, 9.17) is 19.9 Å². The highest BCUT2D eigenvalue weighted by atomic mass is 16.5. The van der Waals surface area contributed by atoms with E-state index in [2.05, 4.69) is 20.8 Å². The average molecular weight is 261 g/mol. The van der Waals surface area contributed by atoms with Crippen LogP contribution in [0.2, 0.25) is 0 Å². The molecule has 2 N–H and O–H groups in total. The minimum atomic E-state index is -0.131. The Hall–Kier alpha value is -0.160. The van der Waals surface area contributed by atoms with Gasteiger partial charge in [0.05, 0.1) is 24.9 Å². The summed E-state index contributed by atoms with van der Waals surface area (Å²) in [6.45, 7) is 10.4. The summed E-state index contributed by atoms with van der Waals surface area (Å²) in [5.74, 6) is 0. The minimum absolute atomic E-state index is 0.131. The molecule has 0 aliphatic rings. The van der Waals surface area contributed by atoms with Crippen LogP contribution in [-0.4, -0.2) is 44.7 Å². The summed E-state index contributed by atoms with van der Waals surface area (Å²) in [5.41, 5.74) is 5.66. The molecular weight excluding hydrogens is 230 g/mol. The van der Waals surface area contributed by atoms with E-state index in [9.17, 15) is 0 Å². The van der Waals surface area contributed by atoms with E-state index in [1.165, 1.54) is 0 Å². The summed E-state index contributed by atoms with van der Waals surface area (Å²) in [6, 6.07) is 0.177. The first-order valence-electron chi connectivity index (χ1n) is 6.87. The number of hydrogen-bond acceptors (Lipinski definition) is 4. The van der Waals surface area contributed by atoms with Crippen LogP contribution in [0.4, 0.5) is 0 Å². The van der Waals surface area contributed by atoms with E-state index in [0.717, 1.165) is 25.9 Å². The molecule has 110 valence electrons. The number of rotatable bonds is 11. The molecule has 0 amide bonds. The van der Waals surface area contributed by atoms with Crippen LogP contribution in [0.1, 0.15) is 47.0 Å². The van der Waals surface area contributed by atoms with Crippen molar-refractivity contribution in [3.8, 4) is 0 Å². The highest BCUT2D eigenvalue weighted by molar-refractivity contribution is 4.73. The van der Waals surface area contributed by atoms with E-state index in [1.54, 1.807) is 7.11 Å². The molecule has 4 nitrogen and oxygen atoms in total. The maximum Gasteiger partial charge on any atom is 0.0703 e. The Balaban J connectivity index is 3.54. The van der Waals surface area contributed by atoms with Crippen LogP contribution in [0, 0.1) is 0 Å². The lowest BCUT2D eigenvalue weighted by atomic mass is 10.0. The van der Waals surface area contributed by atoms with Crippen molar-refractivity contribution in [3.63, 3.8) is 0 Å². The molecule has 2 atom stereocenters. The molecule has 4 heteroatoms. The summed E-state index contributed by atoms with van der Waals surface area (Å²) in [5, 5.41) is 0. The third-order valence-corrected chi connectivity index (χ3v) is 2.75. The van der Waals surface area contributed by atoms with E-state index in [0.29, 0.717) is 13.2 Å². The molecule has 18 heavy (non-hydrogen) atoms. The van der Waals surface area contributed by atoms with Gasteiger partial charge in [-0.25, -0.2) is 0 Å². The largest absolute Gasteiger partial charge is 0.382 e. The molecule has 0 aliphatic carbocycles. The normalized spacial score (nSPS) is 15.7. The Kier molecular flexibility index (Phi) is 9.64. The maximum absolute atomic E-state index is 5.86. The Morgan fingerprint density at radius 1 is 1.11 bits per heavy atom. The SMILES string of the molecule is COCCOC(C)CCCOC(C)(C)CC(C)N. The lowest BCUT2D eigenvalue weighted by molar-refractivity contribution is -0.0352. The van der Waals surface area contributed by atoms with Crippen LogP contribution in [0.25, 0.3) is 0 Å². The number of ether oxygens (including phenoxy) is 3. The predicted octanol–water partition coefficient (Wildman–Crippen LogP) is 2.35. The van der Waals surface area contributed by atoms with Crippen LogP contribution < -0.4 is 5.73 Å². The second-order valence-corrected chi connectivity index (χ2v) is 5.61. The van der Waals surface area contributed by atoms with Gasteiger partial charge in [-0.15, -0.1) is 0 Å². The van der Waals surface area contributed by atoms with Crippen molar-refractivity contribution in [2.24, 2.45) is 5.73 Å². The first-order valence-corrected chi connectivity index (χ1v) is 6.87. The number of methoxy groups -OCH3 is 1. The van der Waals surface area contributed by atoms with Gasteiger partial charge in [-0.1, -0.05) is 0 Å². The number of hydrogen-bond donors (Lipinski definition) is 1. The zero-order valence-electron chi connectivity index (χ0n) is 12.7. The summed E-state index contributed by atoms with van der Waals surface area (Å²) < 4.78 is 16.4. The van der Waals surface area contributed by atoms with Crippen LogP contribution in [0.3, 0.4) is 0 Å². The molecule has 0 fully saturated rings. The second kappa shape index (κ2) is 9.73. The standard InChI is InChI=1S/C14H31NO3/c1-12(15)11-14(3,4)18-8-6-7-13(2)17-10-9-16-5/h12-13H,6-11,15H2,1-5H3. The summed E-state index contributed by atoms with van der Waals surface area (Å²) in [4.78, 5) is 0. The fourth-order valence-electron chi connectivity index (χ4n) is 1.97. The fraction of sp³-hybridized carbons (Fsp3) is 1.00. The Morgan fingerprint density at radius 2 is 1.78 bits per heavy atom. The average Bonchev–Trinajstić information content (AvgIpc) is 2.23. The van der Waals surface area contributed by atoms with Gasteiger partial charge in [-0.2, -0.15) is 0 Å². The van der Waals surface area contributed by atoms with Gasteiger partial charge in [0.25, 0.3) is 0 Å². The molecule has 0 heterocycles. The lowest BCUT2D eigenvalue weighted by Gasteiger charge is -2.27. The van der Waals surface area contributed by atoms with Crippen molar-refractivity contribution < 1.29 is 14.2 Å². The van der Waals surface area contributed by atoms with Crippen LogP contribution in [0.5, 0.6) is 0 Å². The highest BCUT2D eigenvalue weighted by Crippen LogP contribution is 2.16. The van der Waals surface area contributed by atoms with Gasteiger partial charge < -0.3 is 19.9 Å². The monoisotopic (exact) mass is 261 g/mol. The Labute approximate surface area is 112 Å². The van der Waals surface area contributed by atoms with Crippen LogP contribution >= 0.6 is 0 Å². The second-order valence-electron chi connectivity index (χ2n) is 5.61.